The predicted octanol–water partition coefficient (Wildman–Crippen LogP) is 3.19. The average Bonchev–Trinajstić information content (AvgIpc) is 2.33. The minimum atomic E-state index is -2.90. The number of allylic oxidation sites excluding steroid dienone is 4. The Kier molecular flexibility index (Phi) is 8.54. The Bertz CT molecular complexity index is 216. The van der Waals surface area contributed by atoms with Crippen LogP contribution in [0.3, 0.4) is 0 Å². The van der Waals surface area contributed by atoms with Crippen molar-refractivity contribution >= 4 is 24.8 Å². The van der Waals surface area contributed by atoms with Crippen LogP contribution in [0.25, 0.3) is 0 Å². The molecule has 13 heavy (non-hydrogen) atoms. The van der Waals surface area contributed by atoms with Crippen LogP contribution in [0.4, 0.5) is 13.2 Å². The van der Waals surface area contributed by atoms with Crippen LogP contribution in [0.1, 0.15) is 6.42 Å². The first-order valence-electron chi connectivity index (χ1n) is 3.16. The number of rotatable bonds is 2. The molecule has 0 spiro atoms. The van der Waals surface area contributed by atoms with Gasteiger partial charge in [0.2, 0.25) is 0 Å². The molecule has 1 aliphatic carbocycles. The van der Waals surface area contributed by atoms with E-state index >= 15 is 0 Å². The first kappa shape index (κ1) is 16.0. The van der Waals surface area contributed by atoms with Gasteiger partial charge in [-0.3, -0.25) is 0 Å². The summed E-state index contributed by atoms with van der Waals surface area (Å²) in [5.74, 6) is 0. The summed E-state index contributed by atoms with van der Waals surface area (Å²) in [4.78, 5) is 0. The van der Waals surface area contributed by atoms with Crippen LogP contribution in [-0.4, -0.2) is 12.6 Å². The van der Waals surface area contributed by atoms with Crippen LogP contribution in [0, 0.1) is 0 Å². The first-order valence-corrected chi connectivity index (χ1v) is 3.94. The first-order chi connectivity index (χ1) is 5.13. The fourth-order valence-electron chi connectivity index (χ4n) is 0.916. The molecule has 0 amide bonds. The van der Waals surface area contributed by atoms with Crippen LogP contribution < -0.4 is 0 Å². The average molecular weight is 268 g/mol. The molecule has 1 atom stereocenters. The van der Waals surface area contributed by atoms with Crippen LogP contribution >= 0.6 is 24.8 Å². The van der Waals surface area contributed by atoms with Crippen molar-refractivity contribution in [2.75, 3.05) is 0 Å². The van der Waals surface area contributed by atoms with E-state index in [4.69, 9.17) is 0 Å². The fourth-order valence-corrected chi connectivity index (χ4v) is 1.45. The van der Waals surface area contributed by atoms with Gasteiger partial charge in [-0.2, -0.15) is 0 Å². The Balaban J connectivity index is 0. The van der Waals surface area contributed by atoms with Gasteiger partial charge in [-0.05, 0) is 0 Å². The molecular formula is C7H8Cl2F3Ti. The van der Waals surface area contributed by atoms with Gasteiger partial charge in [0.1, 0.15) is 0 Å². The van der Waals surface area contributed by atoms with Crippen molar-refractivity contribution in [2.24, 2.45) is 0 Å². The van der Waals surface area contributed by atoms with Gasteiger partial charge in [-0.1, -0.05) is 0 Å². The summed E-state index contributed by atoms with van der Waals surface area (Å²) >= 11 is 1.67. The molecule has 0 heterocycles. The maximum atomic E-state index is 12.6. The van der Waals surface area contributed by atoms with Gasteiger partial charge in [0.25, 0.3) is 0 Å². The monoisotopic (exact) mass is 267 g/mol. The molecule has 6 heteroatoms. The van der Waals surface area contributed by atoms with E-state index in [-0.39, 0.29) is 30.4 Å². The van der Waals surface area contributed by atoms with Crippen molar-refractivity contribution in [1.82, 2.24) is 0 Å². The van der Waals surface area contributed by atoms with Gasteiger partial charge in [0.15, 0.2) is 0 Å². The fraction of sp³-hybridized carbons (Fsp3) is 0.429. The van der Waals surface area contributed by atoms with Crippen molar-refractivity contribution in [3.05, 3.63) is 21.6 Å². The summed E-state index contributed by atoms with van der Waals surface area (Å²) in [6, 6.07) is 0. The molecule has 0 saturated carbocycles. The number of hydrogen-bond acceptors (Lipinski definition) is 0. The molecular weight excluding hydrogens is 260 g/mol. The Morgan fingerprint density at radius 3 is 2.08 bits per heavy atom. The standard InChI is InChI=1S/C7H6F3.2ClH.Ti/c8-6(7(9)10)5-3-1-2-4-5;;;/h1,3,6-7H,2H2;2*1H;. The zero-order valence-electron chi connectivity index (χ0n) is 6.47. The third-order valence-corrected chi connectivity index (χ3v) is 2.26. The van der Waals surface area contributed by atoms with Crippen molar-refractivity contribution in [3.63, 3.8) is 0 Å². The van der Waals surface area contributed by atoms with Gasteiger partial charge in [0.05, 0.1) is 0 Å². The van der Waals surface area contributed by atoms with E-state index in [1.807, 2.05) is 0 Å². The van der Waals surface area contributed by atoms with Crippen LogP contribution in [0.2, 0.25) is 0 Å². The summed E-state index contributed by atoms with van der Waals surface area (Å²) in [6.07, 6.45) is -1.27. The van der Waals surface area contributed by atoms with E-state index in [0.717, 1.165) is 0 Å². The van der Waals surface area contributed by atoms with Crippen LogP contribution in [0.5, 0.6) is 0 Å². The molecule has 0 nitrogen and oxygen atoms in total. The summed E-state index contributed by atoms with van der Waals surface area (Å²) < 4.78 is 36.9. The summed E-state index contributed by atoms with van der Waals surface area (Å²) in [6.45, 7) is 0. The van der Waals surface area contributed by atoms with E-state index in [0.29, 0.717) is 10.3 Å². The Morgan fingerprint density at radius 1 is 1.23 bits per heavy atom. The molecule has 0 bridgehead atoms. The van der Waals surface area contributed by atoms with Crippen molar-refractivity contribution in [3.8, 4) is 0 Å². The summed E-state index contributed by atoms with van der Waals surface area (Å²) in [5, 5.41) is 0. The molecule has 0 aliphatic heterocycles. The van der Waals surface area contributed by atoms with Crippen LogP contribution in [0.15, 0.2) is 21.6 Å². The van der Waals surface area contributed by atoms with Crippen molar-refractivity contribution < 1.29 is 33.6 Å². The molecule has 0 fully saturated rings. The van der Waals surface area contributed by atoms with Gasteiger partial charge in [0, 0.05) is 0 Å². The number of alkyl halides is 3. The SMILES string of the molecule is Cl.Cl.FC(F)C(F)C1=[C]([Ti])CC=C1. The molecule has 0 aromatic rings. The molecule has 0 aromatic carbocycles. The van der Waals surface area contributed by atoms with E-state index in [1.54, 1.807) is 26.5 Å². The molecule has 0 N–H and O–H groups in total. The van der Waals surface area contributed by atoms with Crippen molar-refractivity contribution in [2.45, 2.75) is 19.0 Å². The topological polar surface area (TPSA) is 0 Å². The Hall–Kier alpha value is 0.564. The van der Waals surface area contributed by atoms with Gasteiger partial charge in [-0.15, -0.1) is 24.8 Å². The second-order valence-corrected chi connectivity index (χ2v) is 3.22. The summed E-state index contributed by atoms with van der Waals surface area (Å²) in [7, 11) is 0. The van der Waals surface area contributed by atoms with Gasteiger partial charge >= 0.3 is 74.2 Å². The van der Waals surface area contributed by atoms with E-state index in [2.05, 4.69) is 0 Å². The molecule has 1 unspecified atom stereocenters. The summed E-state index contributed by atoms with van der Waals surface area (Å²) in [5.41, 5.74) is 0.153. The third-order valence-electron chi connectivity index (χ3n) is 1.49. The van der Waals surface area contributed by atoms with Crippen LogP contribution in [-0.2, 0) is 20.4 Å². The molecule has 1 rings (SSSR count). The third kappa shape index (κ3) is 4.07. The number of halogens is 5. The number of hydrogen-bond donors (Lipinski definition) is 0. The van der Waals surface area contributed by atoms with Gasteiger partial charge in [-0.25, -0.2) is 0 Å². The second-order valence-electron chi connectivity index (χ2n) is 2.28. The molecule has 0 saturated heterocycles. The molecule has 0 aromatic heterocycles. The maximum absolute atomic E-state index is 12.6. The van der Waals surface area contributed by atoms with Crippen molar-refractivity contribution in [1.29, 1.82) is 0 Å². The predicted molar refractivity (Wildman–Crippen MR) is 46.2 cm³/mol. The molecule has 1 aliphatic rings. The minimum absolute atomic E-state index is 0. The quantitative estimate of drug-likeness (QED) is 0.674. The van der Waals surface area contributed by atoms with E-state index in [9.17, 15) is 13.2 Å². The molecule has 0 radical (unpaired) electrons. The zero-order valence-corrected chi connectivity index (χ0v) is 9.66. The zero-order chi connectivity index (χ0) is 8.43. The normalized spacial score (nSPS) is 16.8. The Labute approximate surface area is 98.9 Å². The Morgan fingerprint density at radius 2 is 1.77 bits per heavy atom. The van der Waals surface area contributed by atoms with E-state index < -0.39 is 12.6 Å². The molecule has 75 valence electrons. The van der Waals surface area contributed by atoms with E-state index in [1.165, 1.54) is 6.08 Å². The second kappa shape index (κ2) is 6.94. The van der Waals surface area contributed by atoms with Gasteiger partial charge < -0.3 is 0 Å².